The summed E-state index contributed by atoms with van der Waals surface area (Å²) in [7, 11) is 1.53. The largest absolute Gasteiger partial charge is 0.493 e. The lowest BCUT2D eigenvalue weighted by molar-refractivity contribution is -0.123. The van der Waals surface area contributed by atoms with Gasteiger partial charge < -0.3 is 9.47 Å². The molecular formula is C24H17BrCl2N2O4S. The van der Waals surface area contributed by atoms with E-state index in [0.29, 0.717) is 42.0 Å². The van der Waals surface area contributed by atoms with E-state index in [2.05, 4.69) is 20.9 Å². The minimum Gasteiger partial charge on any atom is -0.493 e. The molecule has 6 nitrogen and oxygen atoms in total. The Labute approximate surface area is 219 Å². The second-order valence-corrected chi connectivity index (χ2v) is 9.84. The summed E-state index contributed by atoms with van der Waals surface area (Å²) in [5, 5.41) is 0.504. The summed E-state index contributed by atoms with van der Waals surface area (Å²) in [6.07, 6.45) is 3.34. The van der Waals surface area contributed by atoms with Crippen LogP contribution in [0.25, 0.3) is 6.08 Å². The number of halogens is 3. The molecule has 0 atom stereocenters. The number of carbonyl (C=O) groups excluding carboxylic acids is 2. The molecule has 2 heterocycles. The SMILES string of the molecule is COc1cc(/C=C2/SC(=O)N(Cc3ccc(Cl)cc3Cl)C2=O)cc(Br)c1OCc1ccccn1. The van der Waals surface area contributed by atoms with Crippen LogP contribution in [0.1, 0.15) is 16.8 Å². The minimum absolute atomic E-state index is 0.0608. The number of hydrogen-bond acceptors (Lipinski definition) is 6. The number of rotatable bonds is 7. The lowest BCUT2D eigenvalue weighted by atomic mass is 10.1. The molecule has 3 aromatic rings. The van der Waals surface area contributed by atoms with Gasteiger partial charge in [-0.05, 0) is 81.3 Å². The van der Waals surface area contributed by atoms with Crippen LogP contribution < -0.4 is 9.47 Å². The Morgan fingerprint density at radius 2 is 1.97 bits per heavy atom. The van der Waals surface area contributed by atoms with Gasteiger partial charge in [0, 0.05) is 16.2 Å². The molecule has 1 fully saturated rings. The molecule has 1 saturated heterocycles. The number of methoxy groups -OCH3 is 1. The molecule has 0 spiro atoms. The maximum Gasteiger partial charge on any atom is 0.293 e. The zero-order valence-electron chi connectivity index (χ0n) is 17.8. The topological polar surface area (TPSA) is 68.7 Å². The number of carbonyl (C=O) groups is 2. The maximum absolute atomic E-state index is 12.9. The lowest BCUT2D eigenvalue weighted by Gasteiger charge is -2.14. The number of benzene rings is 2. The first kappa shape index (κ1) is 24.6. The van der Waals surface area contributed by atoms with E-state index in [9.17, 15) is 9.59 Å². The molecule has 0 bridgehead atoms. The van der Waals surface area contributed by atoms with Crippen LogP contribution in [0.5, 0.6) is 11.5 Å². The minimum atomic E-state index is -0.397. The van der Waals surface area contributed by atoms with Crippen molar-refractivity contribution in [3.05, 3.63) is 91.0 Å². The predicted molar refractivity (Wildman–Crippen MR) is 137 cm³/mol. The van der Waals surface area contributed by atoms with Crippen molar-refractivity contribution in [3.63, 3.8) is 0 Å². The van der Waals surface area contributed by atoms with Gasteiger partial charge in [-0.1, -0.05) is 35.3 Å². The predicted octanol–water partition coefficient (Wildman–Crippen LogP) is 6.98. The van der Waals surface area contributed by atoms with Crippen LogP contribution in [0.4, 0.5) is 4.79 Å². The summed E-state index contributed by atoms with van der Waals surface area (Å²) in [4.78, 5) is 31.2. The first-order valence-electron chi connectivity index (χ1n) is 9.95. The fraction of sp³-hybridized carbons (Fsp3) is 0.125. The first-order chi connectivity index (χ1) is 16.4. The molecule has 0 unspecified atom stereocenters. The molecule has 2 aromatic carbocycles. The number of amides is 2. The molecular weight excluding hydrogens is 563 g/mol. The monoisotopic (exact) mass is 578 g/mol. The molecule has 0 saturated carbocycles. The first-order valence-corrected chi connectivity index (χ1v) is 12.3. The average molecular weight is 580 g/mol. The van der Waals surface area contributed by atoms with E-state index in [4.69, 9.17) is 32.7 Å². The fourth-order valence-electron chi connectivity index (χ4n) is 3.20. The Morgan fingerprint density at radius 1 is 1.15 bits per heavy atom. The van der Waals surface area contributed by atoms with Gasteiger partial charge in [0.25, 0.3) is 11.1 Å². The molecule has 0 aliphatic carbocycles. The van der Waals surface area contributed by atoms with Crippen LogP contribution in [0.2, 0.25) is 10.0 Å². The lowest BCUT2D eigenvalue weighted by Crippen LogP contribution is -2.27. The third-order valence-electron chi connectivity index (χ3n) is 4.86. The van der Waals surface area contributed by atoms with Gasteiger partial charge in [-0.2, -0.15) is 0 Å². The van der Waals surface area contributed by atoms with Crippen molar-refractivity contribution in [2.24, 2.45) is 0 Å². The highest BCUT2D eigenvalue weighted by atomic mass is 79.9. The molecule has 34 heavy (non-hydrogen) atoms. The smallest absolute Gasteiger partial charge is 0.293 e. The van der Waals surface area contributed by atoms with E-state index in [0.717, 1.165) is 22.4 Å². The summed E-state index contributed by atoms with van der Waals surface area (Å²) >= 11 is 16.5. The number of nitrogens with zero attached hydrogens (tertiary/aromatic N) is 2. The van der Waals surface area contributed by atoms with E-state index in [1.54, 1.807) is 42.6 Å². The molecule has 1 aromatic heterocycles. The third-order valence-corrected chi connectivity index (χ3v) is 6.94. The number of imide groups is 1. The molecule has 0 N–H and O–H groups in total. The number of ether oxygens (including phenoxy) is 2. The number of thioether (sulfide) groups is 1. The summed E-state index contributed by atoms with van der Waals surface area (Å²) in [6.45, 7) is 0.326. The Balaban J connectivity index is 1.54. The normalized spacial score (nSPS) is 14.7. The van der Waals surface area contributed by atoms with E-state index < -0.39 is 5.91 Å². The van der Waals surface area contributed by atoms with Crippen molar-refractivity contribution >= 4 is 68.1 Å². The molecule has 10 heteroatoms. The van der Waals surface area contributed by atoms with Crippen LogP contribution in [-0.4, -0.2) is 28.1 Å². The van der Waals surface area contributed by atoms with E-state index in [1.165, 1.54) is 7.11 Å². The third kappa shape index (κ3) is 5.58. The van der Waals surface area contributed by atoms with Gasteiger partial charge in [0.1, 0.15) is 6.61 Å². The second-order valence-electron chi connectivity index (χ2n) is 7.15. The highest BCUT2D eigenvalue weighted by Gasteiger charge is 2.35. The van der Waals surface area contributed by atoms with Crippen molar-refractivity contribution in [1.29, 1.82) is 0 Å². The van der Waals surface area contributed by atoms with Gasteiger partial charge in [-0.3, -0.25) is 19.5 Å². The number of pyridine rings is 1. The van der Waals surface area contributed by atoms with Crippen LogP contribution in [0.3, 0.4) is 0 Å². The van der Waals surface area contributed by atoms with Gasteiger partial charge in [0.15, 0.2) is 11.5 Å². The summed E-state index contributed by atoms with van der Waals surface area (Å²) in [6, 6.07) is 14.1. The van der Waals surface area contributed by atoms with E-state index in [1.807, 2.05) is 18.2 Å². The van der Waals surface area contributed by atoms with Crippen LogP contribution in [0.15, 0.2) is 64.1 Å². The molecule has 174 valence electrons. The van der Waals surface area contributed by atoms with Crippen LogP contribution in [-0.2, 0) is 17.9 Å². The molecule has 4 rings (SSSR count). The van der Waals surface area contributed by atoms with Crippen molar-refractivity contribution in [2.45, 2.75) is 13.2 Å². The molecule has 2 amide bonds. The molecule has 1 aliphatic heterocycles. The maximum atomic E-state index is 12.9. The summed E-state index contributed by atoms with van der Waals surface area (Å²) in [5.74, 6) is 0.589. The number of aromatic nitrogens is 1. The fourth-order valence-corrected chi connectivity index (χ4v) is 5.08. The van der Waals surface area contributed by atoms with E-state index >= 15 is 0 Å². The van der Waals surface area contributed by atoms with Gasteiger partial charge in [0.2, 0.25) is 0 Å². The highest BCUT2D eigenvalue weighted by Crippen LogP contribution is 2.40. The quantitative estimate of drug-likeness (QED) is 0.281. The Hall–Kier alpha value is -2.52. The van der Waals surface area contributed by atoms with Gasteiger partial charge in [-0.15, -0.1) is 0 Å². The zero-order valence-corrected chi connectivity index (χ0v) is 21.7. The summed E-state index contributed by atoms with van der Waals surface area (Å²) in [5.41, 5.74) is 2.08. The number of hydrogen-bond donors (Lipinski definition) is 0. The van der Waals surface area contributed by atoms with Crippen molar-refractivity contribution in [3.8, 4) is 11.5 Å². The highest BCUT2D eigenvalue weighted by molar-refractivity contribution is 9.10. The van der Waals surface area contributed by atoms with Gasteiger partial charge >= 0.3 is 0 Å². The van der Waals surface area contributed by atoms with Gasteiger partial charge in [0.05, 0.1) is 28.7 Å². The Bertz CT molecular complexity index is 1290. The van der Waals surface area contributed by atoms with Crippen molar-refractivity contribution in [2.75, 3.05) is 7.11 Å². The van der Waals surface area contributed by atoms with Crippen molar-refractivity contribution in [1.82, 2.24) is 9.88 Å². The average Bonchev–Trinajstić information content (AvgIpc) is 3.07. The molecule has 0 radical (unpaired) electrons. The standard InChI is InChI=1S/C24H17BrCl2N2O4S/c1-32-20-9-14(8-18(25)22(20)33-13-17-4-2-3-7-28-17)10-21-23(30)29(24(31)34-21)12-15-5-6-16(26)11-19(15)27/h2-11H,12-13H2,1H3/b21-10+. The van der Waals surface area contributed by atoms with Crippen LogP contribution >= 0.6 is 50.9 Å². The Morgan fingerprint density at radius 3 is 2.68 bits per heavy atom. The van der Waals surface area contributed by atoms with Crippen molar-refractivity contribution < 1.29 is 19.1 Å². The Kier molecular flexibility index (Phi) is 7.83. The second kappa shape index (κ2) is 10.8. The molecule has 1 aliphatic rings. The van der Waals surface area contributed by atoms with Crippen LogP contribution in [0, 0.1) is 0 Å². The van der Waals surface area contributed by atoms with E-state index in [-0.39, 0.29) is 18.4 Å². The van der Waals surface area contributed by atoms with Gasteiger partial charge in [-0.25, -0.2) is 0 Å². The zero-order chi connectivity index (χ0) is 24.2. The summed E-state index contributed by atoms with van der Waals surface area (Å²) < 4.78 is 12.0.